The van der Waals surface area contributed by atoms with Crippen LogP contribution in [0.15, 0.2) is 53.7 Å². The minimum Gasteiger partial charge on any atom is -0.497 e. The fourth-order valence-electron chi connectivity index (χ4n) is 3.06. The van der Waals surface area contributed by atoms with Gasteiger partial charge in [0, 0.05) is 19.5 Å². The molecule has 0 fully saturated rings. The highest BCUT2D eigenvalue weighted by Crippen LogP contribution is 2.20. The van der Waals surface area contributed by atoms with Crippen LogP contribution in [0.25, 0.3) is 0 Å². The second kappa shape index (κ2) is 9.21. The number of nitrogens with zero attached hydrogens (tertiary/aromatic N) is 2. The highest BCUT2D eigenvalue weighted by Gasteiger charge is 2.27. The zero-order valence-electron chi connectivity index (χ0n) is 16.0. The van der Waals surface area contributed by atoms with E-state index in [-0.39, 0.29) is 18.0 Å². The standard InChI is InChI=1S/C21H24FN3O3/c1-3-23-21(26)25(13-15-5-4-6-17(22)11-15)14-19-12-20(24-28-19)16-7-9-18(27-2)10-8-16/h4-11,19H,3,12-14H2,1-2H3,(H,23,26)/t19-/m0/s1. The lowest BCUT2D eigenvalue weighted by molar-refractivity contribution is 0.0590. The Hall–Kier alpha value is -3.09. The molecule has 2 aromatic carbocycles. The Morgan fingerprint density at radius 1 is 1.32 bits per heavy atom. The second-order valence-electron chi connectivity index (χ2n) is 6.54. The van der Waals surface area contributed by atoms with Gasteiger partial charge in [-0.05, 0) is 54.4 Å². The first-order chi connectivity index (χ1) is 13.6. The average molecular weight is 385 g/mol. The van der Waals surface area contributed by atoms with Gasteiger partial charge in [-0.15, -0.1) is 0 Å². The van der Waals surface area contributed by atoms with E-state index < -0.39 is 0 Å². The molecule has 148 valence electrons. The number of amides is 2. The molecule has 0 saturated carbocycles. The summed E-state index contributed by atoms with van der Waals surface area (Å²) < 4.78 is 18.7. The largest absolute Gasteiger partial charge is 0.497 e. The fraction of sp³-hybridized carbons (Fsp3) is 0.333. The third-order valence-electron chi connectivity index (χ3n) is 4.46. The zero-order chi connectivity index (χ0) is 19.9. The molecule has 1 aliphatic heterocycles. The molecule has 1 heterocycles. The molecule has 0 bridgehead atoms. The Kier molecular flexibility index (Phi) is 6.47. The number of urea groups is 1. The fourth-order valence-corrected chi connectivity index (χ4v) is 3.06. The van der Waals surface area contributed by atoms with Crippen molar-refractivity contribution in [2.75, 3.05) is 20.2 Å². The molecular formula is C21H24FN3O3. The van der Waals surface area contributed by atoms with E-state index in [0.717, 1.165) is 22.6 Å². The highest BCUT2D eigenvalue weighted by molar-refractivity contribution is 6.01. The van der Waals surface area contributed by atoms with Crippen LogP contribution in [0.2, 0.25) is 0 Å². The number of nitrogens with one attached hydrogen (secondary N) is 1. The molecule has 0 aromatic heterocycles. The first kappa shape index (κ1) is 19.7. The number of rotatable bonds is 7. The van der Waals surface area contributed by atoms with Crippen molar-refractivity contribution in [3.8, 4) is 5.75 Å². The first-order valence-electron chi connectivity index (χ1n) is 9.23. The highest BCUT2D eigenvalue weighted by atomic mass is 19.1. The molecule has 1 aliphatic rings. The van der Waals surface area contributed by atoms with Gasteiger partial charge in [-0.3, -0.25) is 0 Å². The van der Waals surface area contributed by atoms with E-state index >= 15 is 0 Å². The lowest BCUT2D eigenvalue weighted by atomic mass is 10.0. The zero-order valence-corrected chi connectivity index (χ0v) is 16.0. The van der Waals surface area contributed by atoms with Crippen LogP contribution in [-0.2, 0) is 11.4 Å². The van der Waals surface area contributed by atoms with Gasteiger partial charge in [-0.2, -0.15) is 0 Å². The molecule has 3 rings (SSSR count). The van der Waals surface area contributed by atoms with Crippen LogP contribution in [0, 0.1) is 5.82 Å². The Bertz CT molecular complexity index is 839. The Morgan fingerprint density at radius 3 is 2.79 bits per heavy atom. The number of oxime groups is 1. The molecule has 1 atom stereocenters. The molecule has 6 nitrogen and oxygen atoms in total. The molecule has 0 aliphatic carbocycles. The normalized spacial score (nSPS) is 15.5. The monoisotopic (exact) mass is 385 g/mol. The van der Waals surface area contributed by atoms with Gasteiger partial charge in [0.25, 0.3) is 0 Å². The maximum atomic E-state index is 13.5. The number of methoxy groups -OCH3 is 1. The summed E-state index contributed by atoms with van der Waals surface area (Å²) in [7, 11) is 1.62. The van der Waals surface area contributed by atoms with Crippen molar-refractivity contribution in [3.05, 3.63) is 65.5 Å². The summed E-state index contributed by atoms with van der Waals surface area (Å²) in [5.41, 5.74) is 2.51. The molecule has 28 heavy (non-hydrogen) atoms. The minimum absolute atomic E-state index is 0.215. The summed E-state index contributed by atoms with van der Waals surface area (Å²) in [6.45, 7) is 3.01. The molecule has 1 N–H and O–H groups in total. The quantitative estimate of drug-likeness (QED) is 0.793. The maximum Gasteiger partial charge on any atom is 0.317 e. The minimum atomic E-state index is -0.324. The van der Waals surface area contributed by atoms with Crippen molar-refractivity contribution in [2.24, 2.45) is 5.16 Å². The number of ether oxygens (including phenoxy) is 1. The third-order valence-corrected chi connectivity index (χ3v) is 4.46. The van der Waals surface area contributed by atoms with Gasteiger partial charge >= 0.3 is 6.03 Å². The number of halogens is 1. The van der Waals surface area contributed by atoms with Crippen molar-refractivity contribution >= 4 is 11.7 Å². The van der Waals surface area contributed by atoms with Crippen LogP contribution < -0.4 is 10.1 Å². The van der Waals surface area contributed by atoms with Crippen LogP contribution >= 0.6 is 0 Å². The number of hydrogen-bond acceptors (Lipinski definition) is 4. The van der Waals surface area contributed by atoms with Crippen molar-refractivity contribution in [1.29, 1.82) is 0 Å². The molecular weight excluding hydrogens is 361 g/mol. The van der Waals surface area contributed by atoms with Crippen LogP contribution in [0.1, 0.15) is 24.5 Å². The summed E-state index contributed by atoms with van der Waals surface area (Å²) in [6, 6.07) is 13.6. The number of carbonyl (C=O) groups excluding carboxylic acids is 1. The van der Waals surface area contributed by atoms with Gasteiger partial charge in [0.2, 0.25) is 0 Å². The van der Waals surface area contributed by atoms with Gasteiger partial charge in [0.15, 0.2) is 6.10 Å². The maximum absolute atomic E-state index is 13.5. The number of carbonyl (C=O) groups is 1. The topological polar surface area (TPSA) is 63.2 Å². The summed E-state index contributed by atoms with van der Waals surface area (Å²) in [6.07, 6.45) is 0.332. The SMILES string of the molecule is CCNC(=O)N(Cc1cccc(F)c1)C[C@@H]1CC(c2ccc(OC)cc2)=NO1. The Morgan fingerprint density at radius 2 is 2.11 bits per heavy atom. The van der Waals surface area contributed by atoms with Crippen LogP contribution in [0.3, 0.4) is 0 Å². The van der Waals surface area contributed by atoms with E-state index in [0.29, 0.717) is 26.1 Å². The summed E-state index contributed by atoms with van der Waals surface area (Å²) >= 11 is 0. The molecule has 0 radical (unpaired) electrons. The molecule has 0 saturated heterocycles. The van der Waals surface area contributed by atoms with E-state index in [1.807, 2.05) is 31.2 Å². The van der Waals surface area contributed by atoms with E-state index in [1.54, 1.807) is 24.1 Å². The second-order valence-corrected chi connectivity index (χ2v) is 6.54. The average Bonchev–Trinajstić information content (AvgIpc) is 3.16. The lowest BCUT2D eigenvalue weighted by Crippen LogP contribution is -2.43. The van der Waals surface area contributed by atoms with Crippen molar-refractivity contribution in [3.63, 3.8) is 0 Å². The third kappa shape index (κ3) is 5.00. The predicted octanol–water partition coefficient (Wildman–Crippen LogP) is 3.56. The van der Waals surface area contributed by atoms with E-state index in [4.69, 9.17) is 9.57 Å². The van der Waals surface area contributed by atoms with Crippen molar-refractivity contribution in [2.45, 2.75) is 26.0 Å². The summed E-state index contributed by atoms with van der Waals surface area (Å²) in [5.74, 6) is 0.452. The smallest absolute Gasteiger partial charge is 0.317 e. The van der Waals surface area contributed by atoms with Crippen molar-refractivity contribution < 1.29 is 18.8 Å². The first-order valence-corrected chi connectivity index (χ1v) is 9.23. The van der Waals surface area contributed by atoms with E-state index in [1.165, 1.54) is 12.1 Å². The molecule has 0 spiro atoms. The Balaban J connectivity index is 1.65. The van der Waals surface area contributed by atoms with Crippen molar-refractivity contribution in [1.82, 2.24) is 10.2 Å². The van der Waals surface area contributed by atoms with Gasteiger partial charge in [0.1, 0.15) is 11.6 Å². The van der Waals surface area contributed by atoms with Gasteiger partial charge in [0.05, 0.1) is 19.4 Å². The number of benzene rings is 2. The van der Waals surface area contributed by atoms with Crippen LogP contribution in [0.4, 0.5) is 9.18 Å². The molecule has 0 unspecified atom stereocenters. The Labute approximate surface area is 163 Å². The number of hydrogen-bond donors (Lipinski definition) is 1. The van der Waals surface area contributed by atoms with E-state index in [9.17, 15) is 9.18 Å². The molecule has 7 heteroatoms. The van der Waals surface area contributed by atoms with E-state index in [2.05, 4.69) is 10.5 Å². The summed E-state index contributed by atoms with van der Waals surface area (Å²) in [4.78, 5) is 19.6. The van der Waals surface area contributed by atoms with Gasteiger partial charge < -0.3 is 19.8 Å². The predicted molar refractivity (Wildman–Crippen MR) is 105 cm³/mol. The van der Waals surface area contributed by atoms with Gasteiger partial charge in [-0.1, -0.05) is 17.3 Å². The summed E-state index contributed by atoms with van der Waals surface area (Å²) in [5, 5.41) is 6.98. The molecule has 2 amide bonds. The van der Waals surface area contributed by atoms with Crippen LogP contribution in [-0.4, -0.2) is 42.9 Å². The van der Waals surface area contributed by atoms with Crippen LogP contribution in [0.5, 0.6) is 5.75 Å². The van der Waals surface area contributed by atoms with Gasteiger partial charge in [-0.25, -0.2) is 9.18 Å². The lowest BCUT2D eigenvalue weighted by Gasteiger charge is -2.25. The molecule has 2 aromatic rings.